The van der Waals surface area contributed by atoms with Crippen LogP contribution in [0.4, 0.5) is 5.95 Å². The van der Waals surface area contributed by atoms with Gasteiger partial charge in [0.25, 0.3) is 0 Å². The van der Waals surface area contributed by atoms with Crippen LogP contribution >= 0.6 is 0 Å². The summed E-state index contributed by atoms with van der Waals surface area (Å²) in [4.78, 5) is 8.67. The first-order valence-electron chi connectivity index (χ1n) is 6.00. The summed E-state index contributed by atoms with van der Waals surface area (Å²) in [5.41, 5.74) is 1.28. The van der Waals surface area contributed by atoms with Crippen molar-refractivity contribution in [2.24, 2.45) is 0 Å². The maximum atomic E-state index is 4.33. The topological polar surface area (TPSA) is 49.8 Å². The van der Waals surface area contributed by atoms with Crippen LogP contribution in [0.1, 0.15) is 40.2 Å². The fourth-order valence-electron chi connectivity index (χ4n) is 1.20. The van der Waals surface area contributed by atoms with Gasteiger partial charge in [0, 0.05) is 24.5 Å². The molecule has 0 aromatic carbocycles. The summed E-state index contributed by atoms with van der Waals surface area (Å²) in [5, 5.41) is 6.46. The van der Waals surface area contributed by atoms with Crippen molar-refractivity contribution in [1.29, 1.82) is 0 Å². The molecular formula is C13H24N4. The molecule has 1 aromatic rings. The summed E-state index contributed by atoms with van der Waals surface area (Å²) in [5.74, 6) is 0.682. The molecule has 1 heterocycles. The van der Waals surface area contributed by atoms with E-state index >= 15 is 0 Å². The average Bonchev–Trinajstić information content (AvgIpc) is 2.26. The molecule has 0 spiro atoms. The first-order valence-corrected chi connectivity index (χ1v) is 6.00. The molecular weight excluding hydrogens is 212 g/mol. The van der Waals surface area contributed by atoms with E-state index in [4.69, 9.17) is 0 Å². The van der Waals surface area contributed by atoms with E-state index < -0.39 is 0 Å². The van der Waals surface area contributed by atoms with Crippen LogP contribution in [0.2, 0.25) is 0 Å². The van der Waals surface area contributed by atoms with Crippen LogP contribution in [0.3, 0.4) is 0 Å². The maximum absolute atomic E-state index is 4.33. The normalized spacial score (nSPS) is 12.6. The lowest BCUT2D eigenvalue weighted by molar-refractivity contribution is 0.447. The number of nitrogens with zero attached hydrogens (tertiary/aromatic N) is 2. The van der Waals surface area contributed by atoms with Gasteiger partial charge in [0.15, 0.2) is 0 Å². The molecule has 0 saturated heterocycles. The van der Waals surface area contributed by atoms with Crippen LogP contribution in [0, 0.1) is 0 Å². The van der Waals surface area contributed by atoms with Crippen LogP contribution < -0.4 is 10.6 Å². The second-order valence-corrected chi connectivity index (χ2v) is 6.03. The Morgan fingerprint density at radius 1 is 1.06 bits per heavy atom. The number of rotatable bonds is 4. The minimum Gasteiger partial charge on any atom is -0.352 e. The fourth-order valence-corrected chi connectivity index (χ4v) is 1.20. The number of hydrogen-bond donors (Lipinski definition) is 2. The Labute approximate surface area is 104 Å². The van der Waals surface area contributed by atoms with E-state index in [1.807, 2.05) is 19.4 Å². The van der Waals surface area contributed by atoms with Gasteiger partial charge < -0.3 is 10.6 Å². The van der Waals surface area contributed by atoms with Gasteiger partial charge in [-0.1, -0.05) is 20.8 Å². The molecule has 0 atom stereocenters. The summed E-state index contributed by atoms with van der Waals surface area (Å²) < 4.78 is 0. The van der Waals surface area contributed by atoms with E-state index in [0.717, 1.165) is 12.1 Å². The molecule has 0 fully saturated rings. The number of anilines is 1. The first kappa shape index (κ1) is 13.9. The summed E-state index contributed by atoms with van der Waals surface area (Å²) >= 11 is 0. The van der Waals surface area contributed by atoms with E-state index in [1.54, 1.807) is 0 Å². The molecule has 1 aromatic heterocycles. The molecule has 0 saturated carbocycles. The van der Waals surface area contributed by atoms with Crippen molar-refractivity contribution in [3.8, 4) is 0 Å². The number of aromatic nitrogens is 2. The van der Waals surface area contributed by atoms with Gasteiger partial charge in [0.05, 0.1) is 0 Å². The molecule has 0 unspecified atom stereocenters. The fraction of sp³-hybridized carbons (Fsp3) is 0.692. The largest absolute Gasteiger partial charge is 0.352 e. The third kappa shape index (κ3) is 4.30. The predicted molar refractivity (Wildman–Crippen MR) is 72.4 cm³/mol. The lowest BCUT2D eigenvalue weighted by atomic mass is 9.89. The molecule has 1 rings (SSSR count). The Kier molecular flexibility index (Phi) is 4.09. The standard InChI is InChI=1S/C13H24N4/c1-12(2,3)10-7-15-11(16-8-10)17-9-13(4,5)14-6/h7-8,14H,9H2,1-6H3,(H,15,16,17). The Bertz CT molecular complexity index is 349. The lowest BCUT2D eigenvalue weighted by Gasteiger charge is -2.24. The second kappa shape index (κ2) is 5.00. The highest BCUT2D eigenvalue weighted by atomic mass is 15.1. The zero-order valence-corrected chi connectivity index (χ0v) is 11.8. The van der Waals surface area contributed by atoms with Gasteiger partial charge in [-0.3, -0.25) is 0 Å². The second-order valence-electron chi connectivity index (χ2n) is 6.03. The number of nitrogens with one attached hydrogen (secondary N) is 2. The Balaban J connectivity index is 2.64. The Morgan fingerprint density at radius 2 is 1.59 bits per heavy atom. The van der Waals surface area contributed by atoms with Crippen molar-refractivity contribution in [3.63, 3.8) is 0 Å². The molecule has 96 valence electrons. The SMILES string of the molecule is CNC(C)(C)CNc1ncc(C(C)(C)C)cn1. The minimum absolute atomic E-state index is 0.0338. The van der Waals surface area contributed by atoms with Gasteiger partial charge in [-0.25, -0.2) is 9.97 Å². The Hall–Kier alpha value is -1.16. The van der Waals surface area contributed by atoms with Crippen LogP contribution in [-0.4, -0.2) is 29.1 Å². The van der Waals surface area contributed by atoms with E-state index in [0.29, 0.717) is 5.95 Å². The molecule has 0 bridgehead atoms. The zero-order chi connectivity index (χ0) is 13.1. The smallest absolute Gasteiger partial charge is 0.222 e. The quantitative estimate of drug-likeness (QED) is 0.841. The van der Waals surface area contributed by atoms with Crippen molar-refractivity contribution in [3.05, 3.63) is 18.0 Å². The van der Waals surface area contributed by atoms with E-state index in [1.165, 1.54) is 0 Å². The van der Waals surface area contributed by atoms with Gasteiger partial charge in [-0.2, -0.15) is 0 Å². The number of likely N-dealkylation sites (N-methyl/N-ethyl adjacent to an activating group) is 1. The average molecular weight is 236 g/mol. The van der Waals surface area contributed by atoms with Gasteiger partial charge in [-0.05, 0) is 31.9 Å². The number of hydrogen-bond acceptors (Lipinski definition) is 4. The molecule has 0 aliphatic carbocycles. The third-order valence-corrected chi connectivity index (χ3v) is 2.88. The predicted octanol–water partition coefficient (Wildman–Crippen LogP) is 2.18. The van der Waals surface area contributed by atoms with Crippen molar-refractivity contribution < 1.29 is 0 Å². The monoisotopic (exact) mass is 236 g/mol. The van der Waals surface area contributed by atoms with Crippen molar-refractivity contribution >= 4 is 5.95 Å². The zero-order valence-electron chi connectivity index (χ0n) is 11.8. The van der Waals surface area contributed by atoms with E-state index in [-0.39, 0.29) is 11.0 Å². The van der Waals surface area contributed by atoms with Gasteiger partial charge in [-0.15, -0.1) is 0 Å². The molecule has 0 amide bonds. The summed E-state index contributed by atoms with van der Waals surface area (Å²) in [7, 11) is 1.95. The first-order chi connectivity index (χ1) is 7.74. The molecule has 4 nitrogen and oxygen atoms in total. The molecule has 0 aliphatic heterocycles. The van der Waals surface area contributed by atoms with Crippen molar-refractivity contribution in [2.45, 2.75) is 45.6 Å². The van der Waals surface area contributed by atoms with Crippen molar-refractivity contribution in [2.75, 3.05) is 18.9 Å². The Morgan fingerprint density at radius 3 is 2.00 bits per heavy atom. The molecule has 0 aliphatic rings. The van der Waals surface area contributed by atoms with Crippen LogP contribution in [-0.2, 0) is 5.41 Å². The molecule has 4 heteroatoms. The van der Waals surface area contributed by atoms with Crippen LogP contribution in [0.15, 0.2) is 12.4 Å². The molecule has 2 N–H and O–H groups in total. The molecule has 0 radical (unpaired) electrons. The maximum Gasteiger partial charge on any atom is 0.222 e. The molecule has 17 heavy (non-hydrogen) atoms. The summed E-state index contributed by atoms with van der Waals surface area (Å²) in [6, 6.07) is 0. The van der Waals surface area contributed by atoms with E-state index in [2.05, 4.69) is 55.2 Å². The third-order valence-electron chi connectivity index (χ3n) is 2.88. The van der Waals surface area contributed by atoms with Gasteiger partial charge in [0.1, 0.15) is 0 Å². The highest BCUT2D eigenvalue weighted by Crippen LogP contribution is 2.20. The van der Waals surface area contributed by atoms with Gasteiger partial charge >= 0.3 is 0 Å². The van der Waals surface area contributed by atoms with Crippen LogP contribution in [0.25, 0.3) is 0 Å². The summed E-state index contributed by atoms with van der Waals surface area (Å²) in [6.45, 7) is 11.5. The highest BCUT2D eigenvalue weighted by molar-refractivity contribution is 5.27. The summed E-state index contributed by atoms with van der Waals surface area (Å²) in [6.07, 6.45) is 3.78. The highest BCUT2D eigenvalue weighted by Gasteiger charge is 2.16. The minimum atomic E-state index is 0.0338. The van der Waals surface area contributed by atoms with Crippen molar-refractivity contribution in [1.82, 2.24) is 15.3 Å². The van der Waals surface area contributed by atoms with Crippen LogP contribution in [0.5, 0.6) is 0 Å². The van der Waals surface area contributed by atoms with E-state index in [9.17, 15) is 0 Å². The lowest BCUT2D eigenvalue weighted by Crippen LogP contribution is -2.43. The van der Waals surface area contributed by atoms with Gasteiger partial charge in [0.2, 0.25) is 5.95 Å².